The van der Waals surface area contributed by atoms with Gasteiger partial charge < -0.3 is 9.55 Å². The van der Waals surface area contributed by atoms with Gasteiger partial charge in [0, 0.05) is 36.0 Å². The van der Waals surface area contributed by atoms with Gasteiger partial charge in [-0.25, -0.2) is 9.97 Å². The molecule has 1 aromatic carbocycles. The van der Waals surface area contributed by atoms with Gasteiger partial charge >= 0.3 is 0 Å². The van der Waals surface area contributed by atoms with Crippen molar-refractivity contribution in [3.05, 3.63) is 61.4 Å². The van der Waals surface area contributed by atoms with Crippen LogP contribution in [0.2, 0.25) is 0 Å². The Morgan fingerprint density at radius 2 is 1.85 bits per heavy atom. The lowest BCUT2D eigenvalue weighted by atomic mass is 10.2. The molecule has 0 aliphatic rings. The largest absolute Gasteiger partial charge is 0.338 e. The zero-order valence-corrected chi connectivity index (χ0v) is 10.6. The lowest BCUT2D eigenvalue weighted by molar-refractivity contribution is 1.06. The van der Waals surface area contributed by atoms with E-state index in [9.17, 15) is 0 Å². The van der Waals surface area contributed by atoms with Crippen LogP contribution in [-0.4, -0.2) is 24.5 Å². The molecule has 0 bridgehead atoms. The van der Waals surface area contributed by atoms with Crippen LogP contribution in [0.15, 0.2) is 61.4 Å². The van der Waals surface area contributed by atoms with Crippen molar-refractivity contribution in [1.82, 2.24) is 24.5 Å². The summed E-state index contributed by atoms with van der Waals surface area (Å²) in [5.41, 5.74) is 4.03. The summed E-state index contributed by atoms with van der Waals surface area (Å²) < 4.78 is 1.96. The van der Waals surface area contributed by atoms with Gasteiger partial charge in [0.15, 0.2) is 0 Å². The molecule has 0 radical (unpaired) electrons. The first kappa shape index (κ1) is 10.9. The molecule has 0 aliphatic carbocycles. The first-order valence-electron chi connectivity index (χ1n) is 6.29. The van der Waals surface area contributed by atoms with Gasteiger partial charge in [-0.2, -0.15) is 0 Å². The summed E-state index contributed by atoms with van der Waals surface area (Å²) in [4.78, 5) is 16.0. The standard InChI is InChI=1S/C15H11N5/c1-2-13-14(9-12(1)20-8-7-17-10-20)19-15(18-13)11-3-5-16-6-4-11/h1-10H,(H,18,19). The number of nitrogens with zero attached hydrogens (tertiary/aromatic N) is 4. The van der Waals surface area contributed by atoms with E-state index in [1.807, 2.05) is 35.0 Å². The number of hydrogen-bond acceptors (Lipinski definition) is 3. The molecule has 0 atom stereocenters. The molecule has 5 heteroatoms. The van der Waals surface area contributed by atoms with Crippen LogP contribution in [0.4, 0.5) is 0 Å². The third-order valence-corrected chi connectivity index (χ3v) is 3.22. The summed E-state index contributed by atoms with van der Waals surface area (Å²) in [7, 11) is 0. The lowest BCUT2D eigenvalue weighted by Gasteiger charge is -2.00. The van der Waals surface area contributed by atoms with E-state index in [2.05, 4.69) is 26.0 Å². The van der Waals surface area contributed by atoms with Gasteiger partial charge in [-0.15, -0.1) is 0 Å². The van der Waals surface area contributed by atoms with Gasteiger partial charge in [-0.05, 0) is 30.3 Å². The minimum absolute atomic E-state index is 0.852. The van der Waals surface area contributed by atoms with Crippen molar-refractivity contribution in [2.75, 3.05) is 0 Å². The molecule has 96 valence electrons. The number of H-pyrrole nitrogens is 1. The fourth-order valence-corrected chi connectivity index (χ4v) is 2.22. The van der Waals surface area contributed by atoms with E-state index in [1.54, 1.807) is 24.9 Å². The van der Waals surface area contributed by atoms with Crippen LogP contribution in [0, 0.1) is 0 Å². The van der Waals surface area contributed by atoms with E-state index in [0.717, 1.165) is 28.1 Å². The van der Waals surface area contributed by atoms with Crippen LogP contribution in [-0.2, 0) is 0 Å². The van der Waals surface area contributed by atoms with Crippen LogP contribution in [0.1, 0.15) is 0 Å². The highest BCUT2D eigenvalue weighted by Gasteiger charge is 2.06. The highest BCUT2D eigenvalue weighted by atomic mass is 15.0. The number of fused-ring (bicyclic) bond motifs is 1. The normalized spacial score (nSPS) is 11.0. The average Bonchev–Trinajstić information content (AvgIpc) is 3.16. The first-order valence-corrected chi connectivity index (χ1v) is 6.29. The van der Waals surface area contributed by atoms with Crippen molar-refractivity contribution in [3.8, 4) is 17.1 Å². The van der Waals surface area contributed by atoms with E-state index in [-0.39, 0.29) is 0 Å². The molecule has 20 heavy (non-hydrogen) atoms. The lowest BCUT2D eigenvalue weighted by Crippen LogP contribution is -1.88. The van der Waals surface area contributed by atoms with Crippen LogP contribution in [0.3, 0.4) is 0 Å². The summed E-state index contributed by atoms with van der Waals surface area (Å²) in [6, 6.07) is 9.98. The van der Waals surface area contributed by atoms with Crippen LogP contribution in [0.25, 0.3) is 28.1 Å². The number of imidazole rings is 2. The van der Waals surface area contributed by atoms with Gasteiger partial charge in [0.25, 0.3) is 0 Å². The molecular formula is C15H11N5. The molecule has 5 nitrogen and oxygen atoms in total. The van der Waals surface area contributed by atoms with Crippen molar-refractivity contribution < 1.29 is 0 Å². The number of aromatic amines is 1. The zero-order chi connectivity index (χ0) is 13.4. The maximum Gasteiger partial charge on any atom is 0.138 e. The molecule has 0 amide bonds. The van der Waals surface area contributed by atoms with Crippen molar-refractivity contribution in [2.24, 2.45) is 0 Å². The van der Waals surface area contributed by atoms with E-state index < -0.39 is 0 Å². The molecule has 0 saturated heterocycles. The molecule has 4 aromatic rings. The number of rotatable bonds is 2. The quantitative estimate of drug-likeness (QED) is 0.603. The first-order chi connectivity index (χ1) is 9.90. The molecule has 0 saturated carbocycles. The minimum atomic E-state index is 0.852. The Kier molecular flexibility index (Phi) is 2.35. The van der Waals surface area contributed by atoms with Crippen LogP contribution < -0.4 is 0 Å². The fourth-order valence-electron chi connectivity index (χ4n) is 2.22. The fraction of sp³-hybridized carbons (Fsp3) is 0. The van der Waals surface area contributed by atoms with Crippen molar-refractivity contribution in [2.45, 2.75) is 0 Å². The number of pyridine rings is 1. The third-order valence-electron chi connectivity index (χ3n) is 3.22. The topological polar surface area (TPSA) is 59.4 Å². The van der Waals surface area contributed by atoms with E-state index in [0.29, 0.717) is 0 Å². The molecular weight excluding hydrogens is 250 g/mol. The number of aromatic nitrogens is 5. The summed E-state index contributed by atoms with van der Waals surface area (Å²) in [6.45, 7) is 0. The molecule has 0 aliphatic heterocycles. The van der Waals surface area contributed by atoms with Gasteiger partial charge in [-0.3, -0.25) is 4.98 Å². The number of benzene rings is 1. The second kappa shape index (κ2) is 4.31. The minimum Gasteiger partial charge on any atom is -0.338 e. The highest BCUT2D eigenvalue weighted by molar-refractivity contribution is 5.81. The molecule has 4 rings (SSSR count). The summed E-state index contributed by atoms with van der Waals surface area (Å²) >= 11 is 0. The molecule has 0 spiro atoms. The second-order valence-electron chi connectivity index (χ2n) is 4.49. The van der Waals surface area contributed by atoms with E-state index >= 15 is 0 Å². The van der Waals surface area contributed by atoms with Gasteiger partial charge in [0.05, 0.1) is 17.4 Å². The predicted molar refractivity (Wildman–Crippen MR) is 76.4 cm³/mol. The third kappa shape index (κ3) is 1.76. The summed E-state index contributed by atoms with van der Waals surface area (Å²) in [5.74, 6) is 0.852. The predicted octanol–water partition coefficient (Wildman–Crippen LogP) is 2.81. The van der Waals surface area contributed by atoms with Crippen molar-refractivity contribution in [1.29, 1.82) is 0 Å². The molecule has 1 N–H and O–H groups in total. The summed E-state index contributed by atoms with van der Waals surface area (Å²) in [6.07, 6.45) is 8.99. The Balaban J connectivity index is 1.84. The maximum atomic E-state index is 4.60. The second-order valence-corrected chi connectivity index (χ2v) is 4.49. The Hall–Kier alpha value is -2.95. The molecule has 0 unspecified atom stereocenters. The monoisotopic (exact) mass is 261 g/mol. The van der Waals surface area contributed by atoms with E-state index in [4.69, 9.17) is 0 Å². The highest BCUT2D eigenvalue weighted by Crippen LogP contribution is 2.21. The Labute approximate surface area is 115 Å². The van der Waals surface area contributed by atoms with Gasteiger partial charge in [0.2, 0.25) is 0 Å². The number of nitrogens with one attached hydrogen (secondary N) is 1. The Morgan fingerprint density at radius 1 is 0.950 bits per heavy atom. The molecule has 3 heterocycles. The van der Waals surface area contributed by atoms with Crippen molar-refractivity contribution >= 4 is 11.0 Å². The summed E-state index contributed by atoms with van der Waals surface area (Å²) in [5, 5.41) is 0. The van der Waals surface area contributed by atoms with Crippen LogP contribution >= 0.6 is 0 Å². The Morgan fingerprint density at radius 3 is 2.65 bits per heavy atom. The Bertz CT molecular complexity index is 847. The van der Waals surface area contributed by atoms with Crippen LogP contribution in [0.5, 0.6) is 0 Å². The zero-order valence-electron chi connectivity index (χ0n) is 10.6. The molecule has 0 fully saturated rings. The van der Waals surface area contributed by atoms with Gasteiger partial charge in [0.1, 0.15) is 5.82 Å². The SMILES string of the molecule is c1cc(-c2nc3ccc(-n4ccnc4)cc3[nH]2)ccn1. The average molecular weight is 261 g/mol. The maximum absolute atomic E-state index is 4.60. The number of hydrogen-bond donors (Lipinski definition) is 1. The smallest absolute Gasteiger partial charge is 0.138 e. The van der Waals surface area contributed by atoms with Gasteiger partial charge in [-0.1, -0.05) is 0 Å². The molecule has 3 aromatic heterocycles. The van der Waals surface area contributed by atoms with E-state index in [1.165, 1.54) is 0 Å². The van der Waals surface area contributed by atoms with Crippen molar-refractivity contribution in [3.63, 3.8) is 0 Å².